The Morgan fingerprint density at radius 3 is 3.05 bits per heavy atom. The van der Waals surface area contributed by atoms with Crippen molar-refractivity contribution < 1.29 is 9.53 Å². The van der Waals surface area contributed by atoms with Crippen LogP contribution in [0.5, 0.6) is 0 Å². The van der Waals surface area contributed by atoms with E-state index in [1.165, 1.54) is 11.1 Å². The van der Waals surface area contributed by atoms with Crippen molar-refractivity contribution in [3.63, 3.8) is 0 Å². The van der Waals surface area contributed by atoms with Gasteiger partial charge in [0.1, 0.15) is 0 Å². The first-order chi connectivity index (χ1) is 10.7. The van der Waals surface area contributed by atoms with Crippen molar-refractivity contribution in [3.05, 3.63) is 35.4 Å². The number of carbonyl (C=O) groups excluding carboxylic acids is 1. The molecule has 22 heavy (non-hydrogen) atoms. The van der Waals surface area contributed by atoms with Gasteiger partial charge in [-0.25, -0.2) is 0 Å². The Morgan fingerprint density at radius 2 is 2.27 bits per heavy atom. The van der Waals surface area contributed by atoms with E-state index < -0.39 is 0 Å². The van der Waals surface area contributed by atoms with E-state index in [2.05, 4.69) is 41.4 Å². The Morgan fingerprint density at radius 1 is 1.36 bits per heavy atom. The molecule has 2 aliphatic rings. The van der Waals surface area contributed by atoms with Crippen molar-refractivity contribution in [1.29, 1.82) is 0 Å². The SMILES string of the molecule is Cc1cccc(C2CCCN2CC(=O)NCC2CCCO2)c1. The molecule has 1 N–H and O–H groups in total. The van der Waals surface area contributed by atoms with Crippen molar-refractivity contribution >= 4 is 5.91 Å². The molecule has 1 amide bonds. The van der Waals surface area contributed by atoms with E-state index >= 15 is 0 Å². The number of rotatable bonds is 5. The minimum Gasteiger partial charge on any atom is -0.376 e. The number of amides is 1. The molecule has 1 aromatic carbocycles. The van der Waals surface area contributed by atoms with Crippen molar-refractivity contribution in [1.82, 2.24) is 10.2 Å². The molecule has 2 saturated heterocycles. The van der Waals surface area contributed by atoms with Gasteiger partial charge in [0, 0.05) is 19.2 Å². The molecule has 3 rings (SSSR count). The number of aryl methyl sites for hydroxylation is 1. The van der Waals surface area contributed by atoms with Crippen LogP contribution in [-0.2, 0) is 9.53 Å². The Kier molecular flexibility index (Phi) is 5.11. The molecule has 4 nitrogen and oxygen atoms in total. The third-order valence-corrected chi connectivity index (χ3v) is 4.69. The van der Waals surface area contributed by atoms with Crippen molar-refractivity contribution in [2.24, 2.45) is 0 Å². The van der Waals surface area contributed by atoms with Gasteiger partial charge in [-0.1, -0.05) is 29.8 Å². The van der Waals surface area contributed by atoms with E-state index in [1.807, 2.05) is 0 Å². The molecule has 0 bridgehead atoms. The molecule has 4 heteroatoms. The van der Waals surface area contributed by atoms with E-state index in [0.717, 1.165) is 38.8 Å². The van der Waals surface area contributed by atoms with E-state index in [4.69, 9.17) is 4.74 Å². The molecule has 120 valence electrons. The minimum absolute atomic E-state index is 0.120. The highest BCUT2D eigenvalue weighted by molar-refractivity contribution is 5.78. The number of hydrogen-bond donors (Lipinski definition) is 1. The number of nitrogens with one attached hydrogen (secondary N) is 1. The molecule has 1 aromatic rings. The highest BCUT2D eigenvalue weighted by Gasteiger charge is 2.27. The van der Waals surface area contributed by atoms with Gasteiger partial charge in [0.25, 0.3) is 0 Å². The van der Waals surface area contributed by atoms with E-state index in [1.54, 1.807) is 0 Å². The first kappa shape index (κ1) is 15.5. The zero-order valence-corrected chi connectivity index (χ0v) is 13.4. The van der Waals surface area contributed by atoms with Gasteiger partial charge >= 0.3 is 0 Å². The predicted molar refractivity (Wildman–Crippen MR) is 86.7 cm³/mol. The largest absolute Gasteiger partial charge is 0.376 e. The molecule has 2 unspecified atom stereocenters. The van der Waals surface area contributed by atoms with Gasteiger partial charge in [-0.15, -0.1) is 0 Å². The first-order valence-electron chi connectivity index (χ1n) is 8.41. The number of carbonyl (C=O) groups is 1. The van der Waals surface area contributed by atoms with Crippen LogP contribution in [0.15, 0.2) is 24.3 Å². The summed E-state index contributed by atoms with van der Waals surface area (Å²) in [6.45, 7) is 5.11. The summed E-state index contributed by atoms with van der Waals surface area (Å²) in [6.07, 6.45) is 4.70. The molecule has 2 atom stereocenters. The predicted octanol–water partition coefficient (Wildman–Crippen LogP) is 2.43. The monoisotopic (exact) mass is 302 g/mol. The van der Waals surface area contributed by atoms with Crippen LogP contribution in [0.25, 0.3) is 0 Å². The minimum atomic E-state index is 0.120. The smallest absolute Gasteiger partial charge is 0.234 e. The Balaban J connectivity index is 1.53. The van der Waals surface area contributed by atoms with Crippen LogP contribution in [0.4, 0.5) is 0 Å². The second-order valence-electron chi connectivity index (χ2n) is 6.48. The topological polar surface area (TPSA) is 41.6 Å². The lowest BCUT2D eigenvalue weighted by Crippen LogP contribution is -2.39. The third-order valence-electron chi connectivity index (χ3n) is 4.69. The van der Waals surface area contributed by atoms with E-state index in [-0.39, 0.29) is 12.0 Å². The molecule has 2 fully saturated rings. The maximum absolute atomic E-state index is 12.2. The Hall–Kier alpha value is -1.39. The molecule has 0 spiro atoms. The lowest BCUT2D eigenvalue weighted by Gasteiger charge is -2.24. The average molecular weight is 302 g/mol. The number of likely N-dealkylation sites (tertiary alicyclic amines) is 1. The number of ether oxygens (including phenoxy) is 1. The fourth-order valence-electron chi connectivity index (χ4n) is 3.54. The summed E-state index contributed by atoms with van der Waals surface area (Å²) < 4.78 is 5.55. The van der Waals surface area contributed by atoms with Gasteiger partial charge in [0.2, 0.25) is 5.91 Å². The number of nitrogens with zero attached hydrogens (tertiary/aromatic N) is 1. The summed E-state index contributed by atoms with van der Waals surface area (Å²) in [6, 6.07) is 9.04. The summed E-state index contributed by atoms with van der Waals surface area (Å²) >= 11 is 0. The highest BCUT2D eigenvalue weighted by Crippen LogP contribution is 2.31. The van der Waals surface area contributed by atoms with Crippen LogP contribution in [-0.4, -0.2) is 43.2 Å². The van der Waals surface area contributed by atoms with Crippen molar-refractivity contribution in [3.8, 4) is 0 Å². The number of hydrogen-bond acceptors (Lipinski definition) is 3. The lowest BCUT2D eigenvalue weighted by molar-refractivity contribution is -0.123. The summed E-state index contributed by atoms with van der Waals surface area (Å²) in [5.41, 5.74) is 2.62. The second-order valence-corrected chi connectivity index (χ2v) is 6.48. The molecule has 2 aliphatic heterocycles. The summed E-state index contributed by atoms with van der Waals surface area (Å²) in [5.74, 6) is 0.120. The molecule has 0 radical (unpaired) electrons. The van der Waals surface area contributed by atoms with Gasteiger partial charge in [0.05, 0.1) is 12.6 Å². The van der Waals surface area contributed by atoms with Crippen LogP contribution in [0.3, 0.4) is 0 Å². The zero-order chi connectivity index (χ0) is 15.4. The molecule has 2 heterocycles. The quantitative estimate of drug-likeness (QED) is 0.908. The fraction of sp³-hybridized carbons (Fsp3) is 0.611. The van der Waals surface area contributed by atoms with Gasteiger partial charge < -0.3 is 10.1 Å². The van der Waals surface area contributed by atoms with Gasteiger partial charge in [0.15, 0.2) is 0 Å². The summed E-state index contributed by atoms with van der Waals surface area (Å²) in [4.78, 5) is 14.5. The zero-order valence-electron chi connectivity index (χ0n) is 13.4. The van der Waals surface area contributed by atoms with Crippen LogP contribution in [0.1, 0.15) is 42.9 Å². The van der Waals surface area contributed by atoms with Crippen molar-refractivity contribution in [2.75, 3.05) is 26.2 Å². The summed E-state index contributed by atoms with van der Waals surface area (Å²) in [5, 5.41) is 3.03. The molecular weight excluding hydrogens is 276 g/mol. The average Bonchev–Trinajstić information content (AvgIpc) is 3.16. The van der Waals surface area contributed by atoms with Gasteiger partial charge in [-0.3, -0.25) is 9.69 Å². The Bertz CT molecular complexity index is 512. The van der Waals surface area contributed by atoms with Crippen molar-refractivity contribution in [2.45, 2.75) is 44.8 Å². The maximum Gasteiger partial charge on any atom is 0.234 e. The molecule has 0 saturated carbocycles. The lowest BCUT2D eigenvalue weighted by atomic mass is 10.0. The van der Waals surface area contributed by atoms with Crippen LogP contribution >= 0.6 is 0 Å². The summed E-state index contributed by atoms with van der Waals surface area (Å²) in [7, 11) is 0. The third kappa shape index (κ3) is 3.87. The Labute approximate surface area is 132 Å². The van der Waals surface area contributed by atoms with Crippen LogP contribution in [0.2, 0.25) is 0 Å². The molecule has 0 aliphatic carbocycles. The van der Waals surface area contributed by atoms with Gasteiger partial charge in [-0.2, -0.15) is 0 Å². The van der Waals surface area contributed by atoms with Crippen LogP contribution in [0, 0.1) is 6.92 Å². The van der Waals surface area contributed by atoms with Gasteiger partial charge in [-0.05, 0) is 44.7 Å². The van der Waals surface area contributed by atoms with E-state index in [0.29, 0.717) is 19.1 Å². The standard InChI is InChI=1S/C18H26N2O2/c1-14-5-2-6-15(11-14)17-8-3-9-20(17)13-18(21)19-12-16-7-4-10-22-16/h2,5-6,11,16-17H,3-4,7-10,12-13H2,1H3,(H,19,21). The first-order valence-corrected chi connectivity index (χ1v) is 8.41. The second kappa shape index (κ2) is 7.25. The fourth-order valence-corrected chi connectivity index (χ4v) is 3.54. The maximum atomic E-state index is 12.2. The molecular formula is C18H26N2O2. The highest BCUT2D eigenvalue weighted by atomic mass is 16.5. The number of benzene rings is 1. The van der Waals surface area contributed by atoms with Crippen LogP contribution < -0.4 is 5.32 Å². The molecule has 0 aromatic heterocycles. The normalized spacial score (nSPS) is 25.5. The van der Waals surface area contributed by atoms with E-state index in [9.17, 15) is 4.79 Å².